The van der Waals surface area contributed by atoms with Crippen molar-refractivity contribution in [1.82, 2.24) is 9.80 Å². The van der Waals surface area contributed by atoms with Crippen LogP contribution in [0.4, 0.5) is 0 Å². The zero-order valence-corrected chi connectivity index (χ0v) is 16.1. The van der Waals surface area contributed by atoms with Gasteiger partial charge in [-0.25, -0.2) is 0 Å². The third-order valence-electron chi connectivity index (χ3n) is 6.27. The van der Waals surface area contributed by atoms with E-state index >= 15 is 0 Å². The topological polar surface area (TPSA) is 59.1 Å². The maximum atomic E-state index is 13.2. The normalized spacial score (nSPS) is 25.5. The lowest BCUT2D eigenvalue weighted by Crippen LogP contribution is -2.52. The molecule has 0 bridgehead atoms. The van der Waals surface area contributed by atoms with Crippen molar-refractivity contribution >= 4 is 11.8 Å². The van der Waals surface area contributed by atoms with Crippen LogP contribution in [0.5, 0.6) is 11.5 Å². The van der Waals surface area contributed by atoms with Crippen molar-refractivity contribution in [3.63, 3.8) is 0 Å². The van der Waals surface area contributed by atoms with Crippen LogP contribution in [0.3, 0.4) is 0 Å². The molecule has 4 rings (SSSR count). The predicted octanol–water partition coefficient (Wildman–Crippen LogP) is 2.63. The number of carbonyl (C=O) groups is 2. The largest absolute Gasteiger partial charge is 0.497 e. The first-order valence-electron chi connectivity index (χ1n) is 10.0. The van der Waals surface area contributed by atoms with Gasteiger partial charge >= 0.3 is 0 Å². The molecule has 0 unspecified atom stereocenters. The summed E-state index contributed by atoms with van der Waals surface area (Å²) in [7, 11) is 1.64. The van der Waals surface area contributed by atoms with E-state index in [2.05, 4.69) is 0 Å². The summed E-state index contributed by atoms with van der Waals surface area (Å²) in [5.41, 5.74) is 1.03. The summed E-state index contributed by atoms with van der Waals surface area (Å²) in [6.07, 6.45) is 3.45. The number of nitrogens with zero attached hydrogens (tertiary/aromatic N) is 2. The minimum Gasteiger partial charge on any atom is -0.497 e. The van der Waals surface area contributed by atoms with Gasteiger partial charge in [0.05, 0.1) is 19.8 Å². The molecule has 0 aromatic heterocycles. The van der Waals surface area contributed by atoms with Crippen molar-refractivity contribution in [2.45, 2.75) is 38.6 Å². The van der Waals surface area contributed by atoms with E-state index in [0.717, 1.165) is 36.3 Å². The highest BCUT2D eigenvalue weighted by atomic mass is 16.5. The van der Waals surface area contributed by atoms with Crippen LogP contribution in [0, 0.1) is 11.8 Å². The molecule has 2 aliphatic heterocycles. The molecule has 3 aliphatic rings. The fraction of sp³-hybridized carbons (Fsp3) is 0.619. The number of methoxy groups -OCH3 is 1. The van der Waals surface area contributed by atoms with E-state index in [0.29, 0.717) is 32.7 Å². The molecule has 1 saturated carbocycles. The van der Waals surface area contributed by atoms with E-state index in [-0.39, 0.29) is 29.7 Å². The maximum Gasteiger partial charge on any atom is 0.226 e. The Bertz CT molecular complexity index is 731. The number of carbonyl (C=O) groups excluding carboxylic acids is 2. The second-order valence-corrected chi connectivity index (χ2v) is 7.76. The van der Waals surface area contributed by atoms with Gasteiger partial charge in [0.25, 0.3) is 0 Å². The van der Waals surface area contributed by atoms with Gasteiger partial charge in [0, 0.05) is 49.5 Å². The first-order valence-corrected chi connectivity index (χ1v) is 10.0. The molecule has 2 amide bonds. The van der Waals surface area contributed by atoms with Crippen molar-refractivity contribution in [1.29, 1.82) is 0 Å². The minimum absolute atomic E-state index is 0.0464. The Balaban J connectivity index is 1.72. The molecule has 6 heteroatoms. The zero-order valence-electron chi connectivity index (χ0n) is 16.1. The number of hydrogen-bond donors (Lipinski definition) is 0. The Hall–Kier alpha value is -2.24. The van der Waals surface area contributed by atoms with Crippen LogP contribution in [-0.4, -0.2) is 55.0 Å². The molecule has 2 fully saturated rings. The molecule has 2 heterocycles. The number of hydrogen-bond acceptors (Lipinski definition) is 4. The number of benzene rings is 1. The zero-order chi connectivity index (χ0) is 19.0. The first kappa shape index (κ1) is 18.1. The van der Waals surface area contributed by atoms with Crippen LogP contribution in [0.15, 0.2) is 18.2 Å². The van der Waals surface area contributed by atoms with Crippen LogP contribution in [-0.2, 0) is 9.59 Å². The summed E-state index contributed by atoms with van der Waals surface area (Å²) >= 11 is 0. The van der Waals surface area contributed by atoms with Crippen molar-refractivity contribution < 1.29 is 19.1 Å². The second kappa shape index (κ2) is 7.41. The fourth-order valence-corrected chi connectivity index (χ4v) is 4.47. The van der Waals surface area contributed by atoms with Gasteiger partial charge in [-0.1, -0.05) is 6.42 Å². The van der Waals surface area contributed by atoms with E-state index in [9.17, 15) is 9.59 Å². The molecular weight excluding hydrogens is 344 g/mol. The van der Waals surface area contributed by atoms with E-state index in [1.54, 1.807) is 7.11 Å². The SMILES string of the molecule is CCN1C[C@H]2COc3cc(OC)ccc3[C@H]2N(C(=O)C2CCC2)CCC1=O. The van der Waals surface area contributed by atoms with Crippen LogP contribution in [0.2, 0.25) is 0 Å². The molecule has 0 spiro atoms. The van der Waals surface area contributed by atoms with Gasteiger partial charge in [-0.15, -0.1) is 0 Å². The van der Waals surface area contributed by atoms with Crippen molar-refractivity contribution in [2.75, 3.05) is 33.4 Å². The molecule has 0 radical (unpaired) electrons. The molecule has 6 nitrogen and oxygen atoms in total. The Morgan fingerprint density at radius 1 is 1.33 bits per heavy atom. The van der Waals surface area contributed by atoms with E-state index in [1.807, 2.05) is 34.9 Å². The highest BCUT2D eigenvalue weighted by Gasteiger charge is 2.43. The van der Waals surface area contributed by atoms with E-state index in [4.69, 9.17) is 9.47 Å². The molecule has 0 N–H and O–H groups in total. The third kappa shape index (κ3) is 3.26. The molecule has 1 aromatic carbocycles. The summed E-state index contributed by atoms with van der Waals surface area (Å²) in [6, 6.07) is 5.80. The summed E-state index contributed by atoms with van der Waals surface area (Å²) in [5.74, 6) is 2.07. The number of ether oxygens (including phenoxy) is 2. The van der Waals surface area contributed by atoms with Crippen molar-refractivity contribution in [3.05, 3.63) is 23.8 Å². The summed E-state index contributed by atoms with van der Waals surface area (Å²) < 4.78 is 11.4. The second-order valence-electron chi connectivity index (χ2n) is 7.76. The van der Waals surface area contributed by atoms with Crippen LogP contribution < -0.4 is 9.47 Å². The maximum absolute atomic E-state index is 13.2. The van der Waals surface area contributed by atoms with Gasteiger partial charge < -0.3 is 19.3 Å². The highest BCUT2D eigenvalue weighted by Crippen LogP contribution is 2.44. The Kier molecular flexibility index (Phi) is 4.98. The lowest BCUT2D eigenvalue weighted by Gasteiger charge is -2.46. The van der Waals surface area contributed by atoms with Crippen molar-refractivity contribution in [2.24, 2.45) is 11.8 Å². The van der Waals surface area contributed by atoms with E-state index < -0.39 is 0 Å². The Morgan fingerprint density at radius 3 is 2.81 bits per heavy atom. The van der Waals surface area contributed by atoms with Gasteiger partial charge in [-0.05, 0) is 31.9 Å². The molecule has 1 saturated heterocycles. The predicted molar refractivity (Wildman–Crippen MR) is 101 cm³/mol. The quantitative estimate of drug-likeness (QED) is 0.818. The lowest BCUT2D eigenvalue weighted by molar-refractivity contribution is -0.147. The van der Waals surface area contributed by atoms with Gasteiger partial charge in [0.2, 0.25) is 11.8 Å². The van der Waals surface area contributed by atoms with E-state index in [1.165, 1.54) is 0 Å². The fourth-order valence-electron chi connectivity index (χ4n) is 4.47. The van der Waals surface area contributed by atoms with Gasteiger partial charge in [-0.3, -0.25) is 9.59 Å². The molecule has 27 heavy (non-hydrogen) atoms. The molecule has 146 valence electrons. The molecule has 1 aromatic rings. The third-order valence-corrected chi connectivity index (χ3v) is 6.27. The Labute approximate surface area is 160 Å². The lowest BCUT2D eigenvalue weighted by atomic mass is 9.81. The van der Waals surface area contributed by atoms with Gasteiger partial charge in [0.1, 0.15) is 11.5 Å². The minimum atomic E-state index is -0.0464. The standard InChI is InChI=1S/C21H28N2O4/c1-3-22-12-15-13-27-18-11-16(26-2)7-8-17(18)20(15)23(10-9-19(22)24)21(25)14-5-4-6-14/h7-8,11,14-15,20H,3-6,9-10,12-13H2,1-2H3/t15-,20-/m0/s1. The van der Waals surface area contributed by atoms with Gasteiger partial charge in [-0.2, -0.15) is 0 Å². The van der Waals surface area contributed by atoms with Crippen LogP contribution >= 0.6 is 0 Å². The molecule has 2 atom stereocenters. The first-order chi connectivity index (χ1) is 13.1. The molecule has 1 aliphatic carbocycles. The van der Waals surface area contributed by atoms with Crippen LogP contribution in [0.1, 0.15) is 44.2 Å². The average Bonchev–Trinajstić information content (AvgIpc) is 2.63. The summed E-state index contributed by atoms with van der Waals surface area (Å²) in [6.45, 7) is 4.31. The van der Waals surface area contributed by atoms with Gasteiger partial charge in [0.15, 0.2) is 0 Å². The highest BCUT2D eigenvalue weighted by molar-refractivity contribution is 5.82. The molecular formula is C21H28N2O4. The average molecular weight is 372 g/mol. The van der Waals surface area contributed by atoms with Crippen LogP contribution in [0.25, 0.3) is 0 Å². The summed E-state index contributed by atoms with van der Waals surface area (Å²) in [5, 5.41) is 0. The monoisotopic (exact) mass is 372 g/mol. The number of fused-ring (bicyclic) bond motifs is 3. The summed E-state index contributed by atoms with van der Waals surface area (Å²) in [4.78, 5) is 29.7. The van der Waals surface area contributed by atoms with Crippen molar-refractivity contribution in [3.8, 4) is 11.5 Å². The number of amides is 2. The number of rotatable bonds is 3. The smallest absolute Gasteiger partial charge is 0.226 e. The Morgan fingerprint density at radius 2 is 2.15 bits per heavy atom.